The van der Waals surface area contributed by atoms with E-state index < -0.39 is 5.97 Å². The lowest BCUT2D eigenvalue weighted by molar-refractivity contribution is -0.136. The lowest BCUT2D eigenvalue weighted by Crippen LogP contribution is -2.01. The first-order chi connectivity index (χ1) is 11.1. The highest BCUT2D eigenvalue weighted by Gasteiger charge is 2.21. The Hall–Kier alpha value is -2.95. The number of rotatable bonds is 4. The molecule has 3 rings (SSSR count). The standard InChI is InChI=1S/C18H14FNO3/c1-12-17(18(21)23-20-12)10-13-5-7-16(8-6-13)22-11-14-3-2-4-15(19)9-14/h2-10H,11H2,1H3/b17-10-. The monoisotopic (exact) mass is 311 g/mol. The minimum absolute atomic E-state index is 0.284. The van der Waals surface area contributed by atoms with Crippen LogP contribution >= 0.6 is 0 Å². The van der Waals surface area contributed by atoms with Crippen molar-refractivity contribution in [2.45, 2.75) is 13.5 Å². The van der Waals surface area contributed by atoms with Gasteiger partial charge in [0, 0.05) is 0 Å². The molecule has 0 aromatic heterocycles. The van der Waals surface area contributed by atoms with Crippen LogP contribution in [0.2, 0.25) is 0 Å². The van der Waals surface area contributed by atoms with E-state index in [4.69, 9.17) is 4.74 Å². The number of oxime groups is 1. The maximum Gasteiger partial charge on any atom is 0.367 e. The van der Waals surface area contributed by atoms with Crippen LogP contribution in [0.4, 0.5) is 4.39 Å². The summed E-state index contributed by atoms with van der Waals surface area (Å²) in [7, 11) is 0. The van der Waals surface area contributed by atoms with Crippen molar-refractivity contribution < 1.29 is 18.8 Å². The van der Waals surface area contributed by atoms with E-state index in [1.54, 1.807) is 37.3 Å². The first kappa shape index (κ1) is 15.0. The SMILES string of the molecule is CC1=NOC(=O)/C1=C\c1ccc(OCc2cccc(F)c2)cc1. The zero-order chi connectivity index (χ0) is 16.2. The summed E-state index contributed by atoms with van der Waals surface area (Å²) in [5.74, 6) is -0.0710. The minimum Gasteiger partial charge on any atom is -0.489 e. The highest BCUT2D eigenvalue weighted by molar-refractivity contribution is 6.24. The van der Waals surface area contributed by atoms with Crippen LogP contribution in [0, 0.1) is 5.82 Å². The number of hydrogen-bond donors (Lipinski definition) is 0. The summed E-state index contributed by atoms with van der Waals surface area (Å²) >= 11 is 0. The second-order valence-electron chi connectivity index (χ2n) is 5.10. The molecule has 5 heteroatoms. The van der Waals surface area contributed by atoms with Crippen molar-refractivity contribution in [2.24, 2.45) is 5.16 Å². The normalized spacial score (nSPS) is 15.5. The number of benzene rings is 2. The maximum absolute atomic E-state index is 13.1. The fraction of sp³-hybridized carbons (Fsp3) is 0.111. The summed E-state index contributed by atoms with van der Waals surface area (Å²) in [5.41, 5.74) is 2.60. The van der Waals surface area contributed by atoms with E-state index >= 15 is 0 Å². The number of carbonyl (C=O) groups is 1. The Morgan fingerprint density at radius 1 is 1.22 bits per heavy atom. The molecule has 0 spiro atoms. The van der Waals surface area contributed by atoms with Gasteiger partial charge in [0.1, 0.15) is 18.2 Å². The van der Waals surface area contributed by atoms with Gasteiger partial charge in [-0.2, -0.15) is 0 Å². The van der Waals surface area contributed by atoms with E-state index in [1.165, 1.54) is 12.1 Å². The van der Waals surface area contributed by atoms with Crippen LogP contribution < -0.4 is 4.74 Å². The summed E-state index contributed by atoms with van der Waals surface area (Å²) in [4.78, 5) is 16.1. The van der Waals surface area contributed by atoms with E-state index in [1.807, 2.05) is 12.1 Å². The zero-order valence-corrected chi connectivity index (χ0v) is 12.5. The van der Waals surface area contributed by atoms with Crippen molar-refractivity contribution in [3.05, 3.63) is 71.0 Å². The molecule has 0 saturated heterocycles. The molecular weight excluding hydrogens is 297 g/mol. The molecule has 1 aliphatic rings. The summed E-state index contributed by atoms with van der Waals surface area (Å²) in [5, 5.41) is 3.63. The lowest BCUT2D eigenvalue weighted by atomic mass is 10.1. The Bertz CT molecular complexity index is 794. The van der Waals surface area contributed by atoms with Crippen LogP contribution in [0.15, 0.2) is 59.3 Å². The Labute approximate surface area is 132 Å². The zero-order valence-electron chi connectivity index (χ0n) is 12.5. The molecule has 2 aromatic rings. The lowest BCUT2D eigenvalue weighted by Gasteiger charge is -2.06. The largest absolute Gasteiger partial charge is 0.489 e. The Morgan fingerprint density at radius 3 is 2.65 bits per heavy atom. The Morgan fingerprint density at radius 2 is 2.00 bits per heavy atom. The molecule has 2 aromatic carbocycles. The first-order valence-corrected chi connectivity index (χ1v) is 7.07. The highest BCUT2D eigenvalue weighted by atomic mass is 19.1. The molecule has 23 heavy (non-hydrogen) atoms. The van der Waals surface area contributed by atoms with Crippen LogP contribution in [0.1, 0.15) is 18.1 Å². The fourth-order valence-electron chi connectivity index (χ4n) is 2.14. The Balaban J connectivity index is 1.67. The molecule has 0 radical (unpaired) electrons. The van der Waals surface area contributed by atoms with Crippen molar-refractivity contribution in [1.29, 1.82) is 0 Å². The number of carbonyl (C=O) groups excluding carboxylic acids is 1. The topological polar surface area (TPSA) is 47.9 Å². The summed E-state index contributed by atoms with van der Waals surface area (Å²) in [6, 6.07) is 13.5. The van der Waals surface area contributed by atoms with Crippen LogP contribution in [-0.4, -0.2) is 11.7 Å². The first-order valence-electron chi connectivity index (χ1n) is 7.07. The van der Waals surface area contributed by atoms with Gasteiger partial charge in [-0.3, -0.25) is 0 Å². The third kappa shape index (κ3) is 3.63. The van der Waals surface area contributed by atoms with Crippen molar-refractivity contribution >= 4 is 17.8 Å². The third-order valence-corrected chi connectivity index (χ3v) is 3.36. The number of halogens is 1. The van der Waals surface area contributed by atoms with Gasteiger partial charge in [-0.15, -0.1) is 0 Å². The number of hydrogen-bond acceptors (Lipinski definition) is 4. The highest BCUT2D eigenvalue weighted by Crippen LogP contribution is 2.19. The van der Waals surface area contributed by atoms with Gasteiger partial charge in [-0.1, -0.05) is 29.4 Å². The van der Waals surface area contributed by atoms with E-state index in [0.29, 0.717) is 17.0 Å². The molecule has 0 saturated carbocycles. The summed E-state index contributed by atoms with van der Waals surface area (Å²) in [6.07, 6.45) is 1.71. The molecule has 0 atom stereocenters. The molecule has 4 nitrogen and oxygen atoms in total. The molecule has 116 valence electrons. The van der Waals surface area contributed by atoms with Crippen LogP contribution in [0.3, 0.4) is 0 Å². The predicted octanol–water partition coefficient (Wildman–Crippen LogP) is 3.72. The molecule has 0 bridgehead atoms. The molecule has 0 unspecified atom stereocenters. The molecular formula is C18H14FNO3. The van der Waals surface area contributed by atoms with E-state index in [9.17, 15) is 9.18 Å². The molecule has 0 fully saturated rings. The second-order valence-corrected chi connectivity index (χ2v) is 5.10. The maximum atomic E-state index is 13.1. The smallest absolute Gasteiger partial charge is 0.367 e. The Kier molecular flexibility index (Phi) is 4.19. The van der Waals surface area contributed by atoms with Crippen LogP contribution in [0.5, 0.6) is 5.75 Å². The van der Waals surface area contributed by atoms with Crippen LogP contribution in [0.25, 0.3) is 6.08 Å². The van der Waals surface area contributed by atoms with E-state index in [0.717, 1.165) is 11.1 Å². The van der Waals surface area contributed by atoms with Gasteiger partial charge in [0.15, 0.2) is 0 Å². The average molecular weight is 311 g/mol. The quantitative estimate of drug-likeness (QED) is 0.638. The summed E-state index contributed by atoms with van der Waals surface area (Å²) in [6.45, 7) is 2.00. The molecule has 1 aliphatic heterocycles. The molecule has 0 N–H and O–H groups in total. The van der Waals surface area contributed by atoms with Gasteiger partial charge in [0.25, 0.3) is 0 Å². The molecule has 1 heterocycles. The predicted molar refractivity (Wildman–Crippen MR) is 84.4 cm³/mol. The van der Waals surface area contributed by atoms with Crippen molar-refractivity contribution in [3.63, 3.8) is 0 Å². The minimum atomic E-state index is -0.450. The van der Waals surface area contributed by atoms with Gasteiger partial charge in [0.05, 0.1) is 11.3 Å². The number of nitrogens with zero attached hydrogens (tertiary/aromatic N) is 1. The van der Waals surface area contributed by atoms with Crippen molar-refractivity contribution in [3.8, 4) is 5.75 Å². The molecule has 0 aliphatic carbocycles. The third-order valence-electron chi connectivity index (χ3n) is 3.36. The van der Waals surface area contributed by atoms with Gasteiger partial charge in [0.2, 0.25) is 0 Å². The van der Waals surface area contributed by atoms with Gasteiger partial charge >= 0.3 is 5.97 Å². The van der Waals surface area contributed by atoms with Crippen molar-refractivity contribution in [1.82, 2.24) is 0 Å². The number of ether oxygens (including phenoxy) is 1. The average Bonchev–Trinajstić information content (AvgIpc) is 2.86. The van der Waals surface area contributed by atoms with Crippen LogP contribution in [-0.2, 0) is 16.2 Å². The second kappa shape index (κ2) is 6.44. The summed E-state index contributed by atoms with van der Waals surface area (Å²) < 4.78 is 18.7. The fourth-order valence-corrected chi connectivity index (χ4v) is 2.14. The molecule has 0 amide bonds. The van der Waals surface area contributed by atoms with Gasteiger partial charge < -0.3 is 9.57 Å². The van der Waals surface area contributed by atoms with E-state index in [2.05, 4.69) is 9.99 Å². The van der Waals surface area contributed by atoms with Crippen molar-refractivity contribution in [2.75, 3.05) is 0 Å². The van der Waals surface area contributed by atoms with E-state index in [-0.39, 0.29) is 12.4 Å². The van der Waals surface area contributed by atoms with Gasteiger partial charge in [-0.05, 0) is 48.4 Å². The van der Waals surface area contributed by atoms with Gasteiger partial charge in [-0.25, -0.2) is 9.18 Å².